The first-order chi connectivity index (χ1) is 16.3. The Morgan fingerprint density at radius 1 is 1.26 bits per heavy atom. The van der Waals surface area contributed by atoms with Crippen LogP contribution in [-0.2, 0) is 15.6 Å². The highest BCUT2D eigenvalue weighted by Gasteiger charge is 2.39. The van der Waals surface area contributed by atoms with Gasteiger partial charge in [-0.25, -0.2) is 22.7 Å². The van der Waals surface area contributed by atoms with Gasteiger partial charge in [-0.1, -0.05) is 30.1 Å². The lowest BCUT2D eigenvalue weighted by atomic mass is 9.87. The number of rotatable bonds is 6. The van der Waals surface area contributed by atoms with Crippen LogP contribution in [0.3, 0.4) is 0 Å². The fourth-order valence-electron chi connectivity index (χ4n) is 4.28. The molecule has 9 nitrogen and oxygen atoms in total. The molecule has 35 heavy (non-hydrogen) atoms. The van der Waals surface area contributed by atoms with Crippen molar-refractivity contribution in [1.82, 2.24) is 14.9 Å². The highest BCUT2D eigenvalue weighted by Crippen LogP contribution is 2.44. The molecule has 0 fully saturated rings. The van der Waals surface area contributed by atoms with Crippen LogP contribution in [-0.4, -0.2) is 25.2 Å². The number of nitrogens with zero attached hydrogens (tertiary/aromatic N) is 1. The van der Waals surface area contributed by atoms with Gasteiger partial charge in [-0.3, -0.25) is 0 Å². The fraction of sp³-hybridized carbons (Fsp3) is 0.364. The van der Waals surface area contributed by atoms with E-state index in [1.54, 1.807) is 13.8 Å². The summed E-state index contributed by atoms with van der Waals surface area (Å²) in [5.41, 5.74) is 6.38. The average Bonchev–Trinajstić information content (AvgIpc) is 3.20. The molecular formula is C22H23Cl2FN4O5S. The highest BCUT2D eigenvalue weighted by atomic mass is 35.5. The van der Waals surface area contributed by atoms with E-state index in [0.717, 1.165) is 0 Å². The maximum atomic E-state index is 14.4. The maximum Gasteiger partial charge on any atom is 0.434 e. The van der Waals surface area contributed by atoms with Crippen LogP contribution >= 0.6 is 23.2 Å². The van der Waals surface area contributed by atoms with Crippen molar-refractivity contribution < 1.29 is 22.0 Å². The Morgan fingerprint density at radius 2 is 1.94 bits per heavy atom. The molecule has 0 spiro atoms. The number of H-pyrrole nitrogens is 1. The minimum Gasteiger partial charge on any atom is -0.492 e. The minimum absolute atomic E-state index is 0.0381. The van der Waals surface area contributed by atoms with E-state index < -0.39 is 39.1 Å². The van der Waals surface area contributed by atoms with E-state index in [2.05, 4.69) is 14.9 Å². The van der Waals surface area contributed by atoms with Crippen LogP contribution in [0.5, 0.6) is 5.75 Å². The van der Waals surface area contributed by atoms with Crippen molar-refractivity contribution in [3.05, 3.63) is 73.3 Å². The van der Waals surface area contributed by atoms with Gasteiger partial charge in [0.15, 0.2) is 0 Å². The second kappa shape index (κ2) is 9.21. The van der Waals surface area contributed by atoms with E-state index in [-0.39, 0.29) is 38.8 Å². The number of nitrogens with one attached hydrogen (secondary N) is 2. The Balaban J connectivity index is 1.84. The van der Waals surface area contributed by atoms with E-state index in [1.165, 1.54) is 31.2 Å². The molecule has 0 amide bonds. The Labute approximate surface area is 210 Å². The number of halogens is 3. The van der Waals surface area contributed by atoms with Gasteiger partial charge in [0.2, 0.25) is 15.9 Å². The third-order valence-corrected chi connectivity index (χ3v) is 8.26. The largest absolute Gasteiger partial charge is 0.492 e. The molecule has 0 radical (unpaired) electrons. The summed E-state index contributed by atoms with van der Waals surface area (Å²) in [5.74, 6) is -2.43. The normalized spacial score (nSPS) is 19.6. The number of benzene rings is 2. The predicted octanol–water partition coefficient (Wildman–Crippen LogP) is 3.90. The molecule has 0 saturated carbocycles. The molecule has 0 bridgehead atoms. The molecule has 188 valence electrons. The molecule has 4 rings (SSSR count). The third-order valence-electron chi connectivity index (χ3n) is 6.15. The van der Waals surface area contributed by atoms with Crippen molar-refractivity contribution in [2.45, 2.75) is 49.6 Å². The van der Waals surface area contributed by atoms with Crippen molar-refractivity contribution in [2.24, 2.45) is 5.73 Å². The van der Waals surface area contributed by atoms with Gasteiger partial charge in [-0.15, -0.1) is 5.10 Å². The fourth-order valence-corrected chi connectivity index (χ4v) is 6.44. The Morgan fingerprint density at radius 3 is 2.60 bits per heavy atom. The number of aromatic amines is 1. The molecule has 0 aliphatic carbocycles. The summed E-state index contributed by atoms with van der Waals surface area (Å²) in [6, 6.07) is 4.07. The number of fused-ring (bicyclic) bond motifs is 1. The summed E-state index contributed by atoms with van der Waals surface area (Å²) in [6.07, 6.45) is 0.437. The second-order valence-electron chi connectivity index (χ2n) is 8.67. The van der Waals surface area contributed by atoms with Crippen molar-refractivity contribution in [3.63, 3.8) is 0 Å². The van der Waals surface area contributed by atoms with E-state index in [9.17, 15) is 17.6 Å². The van der Waals surface area contributed by atoms with Gasteiger partial charge < -0.3 is 14.9 Å². The summed E-state index contributed by atoms with van der Waals surface area (Å²) in [5, 5.41) is 6.41. The lowest BCUT2D eigenvalue weighted by Crippen LogP contribution is -2.40. The summed E-state index contributed by atoms with van der Waals surface area (Å²) < 4.78 is 55.0. The lowest BCUT2D eigenvalue weighted by molar-refractivity contribution is 0.221. The molecule has 4 N–H and O–H groups in total. The number of nitrogens with two attached hydrogens (primary N) is 1. The number of aromatic nitrogens is 2. The molecule has 1 aromatic heterocycles. The molecule has 3 aromatic rings. The van der Waals surface area contributed by atoms with E-state index in [4.69, 9.17) is 38.1 Å². The average molecular weight is 545 g/mol. The van der Waals surface area contributed by atoms with E-state index >= 15 is 0 Å². The first-order valence-corrected chi connectivity index (χ1v) is 12.8. The van der Waals surface area contributed by atoms with Gasteiger partial charge in [-0.2, -0.15) is 4.72 Å². The van der Waals surface area contributed by atoms with Gasteiger partial charge in [0, 0.05) is 33.5 Å². The molecule has 2 heterocycles. The molecule has 1 aliphatic heterocycles. The molecule has 13 heteroatoms. The molecule has 1 unspecified atom stereocenters. The van der Waals surface area contributed by atoms with E-state index in [1.807, 2.05) is 0 Å². The summed E-state index contributed by atoms with van der Waals surface area (Å²) in [4.78, 5) is 11.5. The highest BCUT2D eigenvalue weighted by molar-refractivity contribution is 7.89. The Bertz CT molecular complexity index is 1450. The van der Waals surface area contributed by atoms with Crippen LogP contribution < -0.4 is 20.9 Å². The van der Waals surface area contributed by atoms with Crippen LogP contribution in [0, 0.1) is 12.7 Å². The van der Waals surface area contributed by atoms with Crippen molar-refractivity contribution in [2.75, 3.05) is 6.61 Å². The third kappa shape index (κ3) is 4.70. The predicted molar refractivity (Wildman–Crippen MR) is 128 cm³/mol. The first kappa shape index (κ1) is 25.6. The summed E-state index contributed by atoms with van der Waals surface area (Å²) >= 11 is 12.7. The smallest absolute Gasteiger partial charge is 0.434 e. The van der Waals surface area contributed by atoms with Crippen molar-refractivity contribution in [1.29, 1.82) is 0 Å². The zero-order valence-corrected chi connectivity index (χ0v) is 21.3. The number of sulfonamides is 1. The Hall–Kier alpha value is -2.44. The van der Waals surface area contributed by atoms with Gasteiger partial charge >= 0.3 is 5.76 Å². The lowest BCUT2D eigenvalue weighted by Gasteiger charge is -2.34. The number of hydrogen-bond donors (Lipinski definition) is 3. The number of hydrogen-bond acceptors (Lipinski definition) is 7. The topological polar surface area (TPSA) is 140 Å². The quantitative estimate of drug-likeness (QED) is 0.427. The van der Waals surface area contributed by atoms with Crippen LogP contribution in [0.1, 0.15) is 54.8 Å². The van der Waals surface area contributed by atoms with Gasteiger partial charge in [0.25, 0.3) is 0 Å². The first-order valence-electron chi connectivity index (χ1n) is 10.6. The van der Waals surface area contributed by atoms with Crippen LogP contribution in [0.25, 0.3) is 0 Å². The molecule has 2 aromatic carbocycles. The van der Waals surface area contributed by atoms with Gasteiger partial charge in [0.1, 0.15) is 22.5 Å². The summed E-state index contributed by atoms with van der Waals surface area (Å²) in [7, 11) is -4.34. The van der Waals surface area contributed by atoms with E-state index in [0.29, 0.717) is 17.5 Å². The molecule has 3 atom stereocenters. The van der Waals surface area contributed by atoms with Gasteiger partial charge in [-0.05, 0) is 49.2 Å². The Kier molecular flexibility index (Phi) is 6.75. The minimum atomic E-state index is -4.34. The van der Waals surface area contributed by atoms with Crippen LogP contribution in [0.15, 0.2) is 38.4 Å². The summed E-state index contributed by atoms with van der Waals surface area (Å²) in [6.45, 7) is 5.06. The zero-order chi connectivity index (χ0) is 25.7. The van der Waals surface area contributed by atoms with Crippen molar-refractivity contribution >= 4 is 33.2 Å². The molecule has 0 saturated heterocycles. The second-order valence-corrected chi connectivity index (χ2v) is 11.2. The SMILES string of the molecule is Cc1c(F)ccc(Cl)c1[C@@H](C)[C@H](NS(=O)(=O)c1ccc(Cl)c2c1OCCC2(C)N)c1n[nH]c(=O)o1. The molecule has 1 aliphatic rings. The molecular weight excluding hydrogens is 522 g/mol. The number of ether oxygens (including phenoxy) is 1. The van der Waals surface area contributed by atoms with Crippen LogP contribution in [0.4, 0.5) is 4.39 Å². The van der Waals surface area contributed by atoms with Crippen LogP contribution in [0.2, 0.25) is 10.0 Å². The standard InChI is InChI=1S/C22H23Cl2FN4O5S/c1-10-14(25)6-4-12(23)16(10)11(2)18(20-27-28-21(30)34-20)29-35(31,32)15-7-5-13(24)17-19(15)33-9-8-22(17,3)26/h4-7,11,18,29H,8-9,26H2,1-3H3,(H,28,30)/t11-,18+,22?/m1/s1. The monoisotopic (exact) mass is 544 g/mol. The maximum absolute atomic E-state index is 14.4. The van der Waals surface area contributed by atoms with Gasteiger partial charge in [0.05, 0.1) is 6.61 Å². The zero-order valence-electron chi connectivity index (χ0n) is 19.0. The van der Waals surface area contributed by atoms with Crippen molar-refractivity contribution in [3.8, 4) is 5.75 Å².